The van der Waals surface area contributed by atoms with E-state index in [1.165, 1.54) is 0 Å². The first-order valence-electron chi connectivity index (χ1n) is 5.86. The zero-order chi connectivity index (χ0) is 12.5. The molecule has 1 saturated heterocycles. The number of hydrogen-bond acceptors (Lipinski definition) is 6. The maximum absolute atomic E-state index is 5.42. The molecule has 0 radical (unpaired) electrons. The van der Waals surface area contributed by atoms with Crippen LogP contribution in [0.3, 0.4) is 0 Å². The van der Waals surface area contributed by atoms with Crippen molar-refractivity contribution in [2.75, 3.05) is 20.3 Å². The summed E-state index contributed by atoms with van der Waals surface area (Å²) >= 11 is 0. The van der Waals surface area contributed by atoms with Gasteiger partial charge >= 0.3 is 0 Å². The number of hydrogen-bond donors (Lipinski definition) is 1. The number of aromatic nitrogens is 4. The fourth-order valence-corrected chi connectivity index (χ4v) is 2.11. The van der Waals surface area contributed by atoms with Crippen LogP contribution in [0.4, 0.5) is 0 Å². The van der Waals surface area contributed by atoms with Gasteiger partial charge in [0.25, 0.3) is 0 Å². The first-order valence-corrected chi connectivity index (χ1v) is 5.86. The number of likely N-dealkylation sites (N-methyl/N-ethyl adjacent to an activating group) is 1. The molecule has 7 heteroatoms. The summed E-state index contributed by atoms with van der Waals surface area (Å²) in [5.41, 5.74) is 0.715. The molecule has 1 aliphatic rings. The largest absolute Gasteiger partial charge is 0.379 e. The zero-order valence-corrected chi connectivity index (χ0v) is 10.3. The van der Waals surface area contributed by atoms with E-state index in [-0.39, 0.29) is 12.0 Å². The summed E-state index contributed by atoms with van der Waals surface area (Å²) in [6.45, 7) is 1.28. The first-order chi connectivity index (χ1) is 8.78. The Balaban J connectivity index is 1.85. The van der Waals surface area contributed by atoms with Gasteiger partial charge in [0.05, 0.1) is 19.1 Å². The van der Waals surface area contributed by atoms with E-state index in [2.05, 4.69) is 20.6 Å². The van der Waals surface area contributed by atoms with Gasteiger partial charge in [0.1, 0.15) is 5.69 Å². The van der Waals surface area contributed by atoms with Crippen LogP contribution in [-0.2, 0) is 11.8 Å². The Morgan fingerprint density at radius 3 is 3.06 bits per heavy atom. The van der Waals surface area contributed by atoms with Gasteiger partial charge in [-0.15, -0.1) is 0 Å². The third-order valence-corrected chi connectivity index (χ3v) is 3.15. The first kappa shape index (κ1) is 11.4. The second-order valence-corrected chi connectivity index (χ2v) is 4.37. The highest BCUT2D eigenvalue weighted by molar-refractivity contribution is 5.46. The van der Waals surface area contributed by atoms with Crippen LogP contribution in [0.25, 0.3) is 11.5 Å². The summed E-state index contributed by atoms with van der Waals surface area (Å²) < 4.78 is 12.4. The summed E-state index contributed by atoms with van der Waals surface area (Å²) in [7, 11) is 3.76. The lowest BCUT2D eigenvalue weighted by Gasteiger charge is -2.11. The van der Waals surface area contributed by atoms with Crippen molar-refractivity contribution in [2.45, 2.75) is 12.0 Å². The molecule has 1 N–H and O–H groups in total. The molecule has 2 aromatic rings. The molecule has 1 aliphatic heterocycles. The molecule has 0 bridgehead atoms. The van der Waals surface area contributed by atoms with Crippen LogP contribution in [0.5, 0.6) is 0 Å². The molecular weight excluding hydrogens is 234 g/mol. The Morgan fingerprint density at radius 2 is 2.33 bits per heavy atom. The Morgan fingerprint density at radius 1 is 1.44 bits per heavy atom. The van der Waals surface area contributed by atoms with Crippen molar-refractivity contribution >= 4 is 0 Å². The molecule has 1 fully saturated rings. The summed E-state index contributed by atoms with van der Waals surface area (Å²) in [6.07, 6.45) is 1.85. The van der Waals surface area contributed by atoms with Crippen molar-refractivity contribution < 1.29 is 9.26 Å². The molecule has 2 atom stereocenters. The van der Waals surface area contributed by atoms with Gasteiger partial charge in [-0.25, -0.2) is 0 Å². The molecule has 2 unspecified atom stereocenters. The Bertz CT molecular complexity index is 535. The molecule has 3 rings (SSSR count). The maximum Gasteiger partial charge on any atom is 0.234 e. The lowest BCUT2D eigenvalue weighted by atomic mass is 10.0. The normalized spacial score (nSPS) is 23.7. The average Bonchev–Trinajstić information content (AvgIpc) is 3.07. The summed E-state index contributed by atoms with van der Waals surface area (Å²) in [5.74, 6) is 1.24. The molecule has 0 saturated carbocycles. The molecule has 0 aromatic carbocycles. The van der Waals surface area contributed by atoms with Crippen molar-refractivity contribution in [3.63, 3.8) is 0 Å². The highest BCUT2D eigenvalue weighted by Crippen LogP contribution is 2.25. The van der Waals surface area contributed by atoms with E-state index in [9.17, 15) is 0 Å². The number of rotatable bonds is 3. The van der Waals surface area contributed by atoms with Gasteiger partial charge in [0.15, 0.2) is 0 Å². The van der Waals surface area contributed by atoms with Crippen LogP contribution in [0, 0.1) is 0 Å². The highest BCUT2D eigenvalue weighted by atomic mass is 16.5. The molecule has 0 spiro atoms. The molecule has 3 heterocycles. The van der Waals surface area contributed by atoms with Gasteiger partial charge in [0, 0.05) is 19.3 Å². The van der Waals surface area contributed by atoms with Crippen molar-refractivity contribution in [2.24, 2.45) is 7.05 Å². The van der Waals surface area contributed by atoms with E-state index in [1.807, 2.05) is 26.4 Å². The number of ether oxygens (including phenoxy) is 1. The predicted molar refractivity (Wildman–Crippen MR) is 62.9 cm³/mol. The Labute approximate surface area is 104 Å². The van der Waals surface area contributed by atoms with Crippen LogP contribution in [0.2, 0.25) is 0 Å². The standard InChI is InChI=1S/C11H15N5O2/c1-12-9-6-17-5-7(9)11-13-10(15-18-11)8-3-4-16(2)14-8/h3-4,7,9,12H,5-6H2,1-2H3. The SMILES string of the molecule is CNC1COCC1c1nc(-c2ccn(C)n2)no1. The second-order valence-electron chi connectivity index (χ2n) is 4.37. The van der Waals surface area contributed by atoms with Gasteiger partial charge in [-0.3, -0.25) is 4.68 Å². The summed E-state index contributed by atoms with van der Waals surface area (Å²) in [6, 6.07) is 2.08. The van der Waals surface area contributed by atoms with Crippen LogP contribution in [-0.4, -0.2) is 46.2 Å². The maximum atomic E-state index is 5.42. The molecule has 2 aromatic heterocycles. The minimum atomic E-state index is 0.111. The topological polar surface area (TPSA) is 78.0 Å². The fourth-order valence-electron chi connectivity index (χ4n) is 2.11. The van der Waals surface area contributed by atoms with Gasteiger partial charge in [-0.05, 0) is 13.1 Å². The summed E-state index contributed by atoms with van der Waals surface area (Å²) in [5, 5.41) is 11.4. The third-order valence-electron chi connectivity index (χ3n) is 3.15. The van der Waals surface area contributed by atoms with Gasteiger partial charge in [-0.1, -0.05) is 5.16 Å². The zero-order valence-electron chi connectivity index (χ0n) is 10.3. The van der Waals surface area contributed by atoms with Crippen molar-refractivity contribution in [1.82, 2.24) is 25.2 Å². The van der Waals surface area contributed by atoms with Crippen LogP contribution >= 0.6 is 0 Å². The van der Waals surface area contributed by atoms with Crippen LogP contribution in [0.15, 0.2) is 16.8 Å². The smallest absolute Gasteiger partial charge is 0.234 e. The van der Waals surface area contributed by atoms with E-state index in [1.54, 1.807) is 4.68 Å². The van der Waals surface area contributed by atoms with Crippen LogP contribution < -0.4 is 5.32 Å². The fraction of sp³-hybridized carbons (Fsp3) is 0.545. The van der Waals surface area contributed by atoms with E-state index >= 15 is 0 Å². The van der Waals surface area contributed by atoms with Crippen molar-refractivity contribution in [3.05, 3.63) is 18.2 Å². The Hall–Kier alpha value is -1.73. The average molecular weight is 249 g/mol. The van der Waals surface area contributed by atoms with E-state index in [0.717, 1.165) is 0 Å². The monoisotopic (exact) mass is 249 g/mol. The van der Waals surface area contributed by atoms with E-state index in [4.69, 9.17) is 9.26 Å². The lowest BCUT2D eigenvalue weighted by Crippen LogP contribution is -2.31. The number of aryl methyl sites for hydroxylation is 1. The Kier molecular flexibility index (Phi) is 2.85. The van der Waals surface area contributed by atoms with E-state index < -0.39 is 0 Å². The number of nitrogens with zero attached hydrogens (tertiary/aromatic N) is 4. The summed E-state index contributed by atoms with van der Waals surface area (Å²) in [4.78, 5) is 4.40. The molecule has 7 nitrogen and oxygen atoms in total. The molecule has 18 heavy (non-hydrogen) atoms. The highest BCUT2D eigenvalue weighted by Gasteiger charge is 2.33. The molecule has 96 valence electrons. The lowest BCUT2D eigenvalue weighted by molar-refractivity contribution is 0.185. The van der Waals surface area contributed by atoms with Crippen LogP contribution in [0.1, 0.15) is 11.8 Å². The minimum absolute atomic E-state index is 0.111. The molecule has 0 amide bonds. The quantitative estimate of drug-likeness (QED) is 0.835. The third kappa shape index (κ3) is 1.91. The van der Waals surface area contributed by atoms with Gasteiger partial charge in [-0.2, -0.15) is 10.1 Å². The van der Waals surface area contributed by atoms with Gasteiger partial charge in [0.2, 0.25) is 11.7 Å². The predicted octanol–water partition coefficient (Wildman–Crippen LogP) is 0.172. The van der Waals surface area contributed by atoms with E-state index in [0.29, 0.717) is 30.6 Å². The van der Waals surface area contributed by atoms with Crippen molar-refractivity contribution in [1.29, 1.82) is 0 Å². The van der Waals surface area contributed by atoms with Gasteiger partial charge < -0.3 is 14.6 Å². The minimum Gasteiger partial charge on any atom is -0.379 e. The molecule has 0 aliphatic carbocycles. The second kappa shape index (κ2) is 4.51. The number of nitrogens with one attached hydrogen (secondary N) is 1. The van der Waals surface area contributed by atoms with Crippen molar-refractivity contribution in [3.8, 4) is 11.5 Å². The molecular formula is C11H15N5O2.